The van der Waals surface area contributed by atoms with Crippen molar-refractivity contribution in [2.24, 2.45) is 4.99 Å². The Bertz CT molecular complexity index is 781. The lowest BCUT2D eigenvalue weighted by Crippen LogP contribution is -2.42. The van der Waals surface area contributed by atoms with Crippen LogP contribution in [0.5, 0.6) is 5.75 Å². The Kier molecular flexibility index (Phi) is 7.52. The molecule has 2 aromatic rings. The third-order valence-corrected chi connectivity index (χ3v) is 5.12. The number of benzene rings is 1. The Balaban J connectivity index is 0.00000225. The third kappa shape index (κ3) is 4.95. The van der Waals surface area contributed by atoms with Gasteiger partial charge in [0.15, 0.2) is 11.8 Å². The number of para-hydroxylation sites is 1. The molecule has 1 unspecified atom stereocenters. The summed E-state index contributed by atoms with van der Waals surface area (Å²) < 4.78 is 8.25. The van der Waals surface area contributed by atoms with E-state index in [2.05, 4.69) is 44.5 Å². The molecule has 152 valence electrons. The van der Waals surface area contributed by atoms with Gasteiger partial charge >= 0.3 is 0 Å². The number of halogens is 1. The molecule has 2 aliphatic heterocycles. The van der Waals surface area contributed by atoms with Crippen LogP contribution in [0.2, 0.25) is 0 Å². The molecule has 2 N–H and O–H groups in total. The summed E-state index contributed by atoms with van der Waals surface area (Å²) in [5, 5.41) is 15.4. The maximum absolute atomic E-state index is 6.00. The second-order valence-electron chi connectivity index (χ2n) is 7.12. The number of hydrogen-bond donors (Lipinski definition) is 2. The molecule has 3 heterocycles. The van der Waals surface area contributed by atoms with Gasteiger partial charge in [-0.3, -0.25) is 0 Å². The molecule has 0 spiro atoms. The number of aliphatic imine (C=N–C) groups is 1. The Morgan fingerprint density at radius 2 is 2.11 bits per heavy atom. The van der Waals surface area contributed by atoms with E-state index < -0.39 is 0 Å². The number of aryl methyl sites for hydroxylation is 1. The monoisotopic (exact) mass is 496 g/mol. The van der Waals surface area contributed by atoms with Gasteiger partial charge in [-0.1, -0.05) is 24.6 Å². The van der Waals surface area contributed by atoms with Gasteiger partial charge in [-0.2, -0.15) is 0 Å². The highest BCUT2D eigenvalue weighted by atomic mass is 127. The molecule has 0 radical (unpaired) electrons. The zero-order valence-electron chi connectivity index (χ0n) is 16.4. The van der Waals surface area contributed by atoms with Crippen LogP contribution in [0.1, 0.15) is 43.4 Å². The minimum atomic E-state index is 0. The molecule has 2 aliphatic rings. The van der Waals surface area contributed by atoms with Gasteiger partial charge in [-0.25, -0.2) is 4.99 Å². The zero-order chi connectivity index (χ0) is 18.5. The molecule has 0 amide bonds. The number of nitrogens with zero attached hydrogens (tertiary/aromatic N) is 4. The summed E-state index contributed by atoms with van der Waals surface area (Å²) in [5.41, 5.74) is 1.28. The van der Waals surface area contributed by atoms with E-state index in [1.165, 1.54) is 24.8 Å². The summed E-state index contributed by atoms with van der Waals surface area (Å²) in [5.74, 6) is 3.85. The molecule has 1 aromatic carbocycles. The molecule has 1 aromatic heterocycles. The van der Waals surface area contributed by atoms with Crippen LogP contribution in [0, 0.1) is 0 Å². The fourth-order valence-electron chi connectivity index (χ4n) is 3.73. The number of hydrogen-bond acceptors (Lipinski definition) is 4. The largest absolute Gasteiger partial charge is 0.488 e. The van der Waals surface area contributed by atoms with Gasteiger partial charge in [0, 0.05) is 25.9 Å². The predicted molar refractivity (Wildman–Crippen MR) is 120 cm³/mol. The van der Waals surface area contributed by atoms with Crippen LogP contribution >= 0.6 is 24.0 Å². The lowest BCUT2D eigenvalue weighted by molar-refractivity contribution is 0.235. The van der Waals surface area contributed by atoms with E-state index in [-0.39, 0.29) is 30.1 Å². The Morgan fingerprint density at radius 3 is 2.96 bits per heavy atom. The van der Waals surface area contributed by atoms with Crippen LogP contribution in [-0.4, -0.2) is 39.9 Å². The summed E-state index contributed by atoms with van der Waals surface area (Å²) in [7, 11) is 0. The van der Waals surface area contributed by atoms with Gasteiger partial charge < -0.3 is 19.9 Å². The van der Waals surface area contributed by atoms with E-state index in [1.807, 2.05) is 12.1 Å². The molecule has 0 saturated carbocycles. The molecule has 0 bridgehead atoms. The maximum atomic E-state index is 6.00. The first-order chi connectivity index (χ1) is 13.3. The van der Waals surface area contributed by atoms with Crippen molar-refractivity contribution in [3.05, 3.63) is 41.5 Å². The first kappa shape index (κ1) is 20.9. The normalized spacial score (nSPS) is 18.3. The van der Waals surface area contributed by atoms with Gasteiger partial charge in [0.2, 0.25) is 0 Å². The lowest BCUT2D eigenvalue weighted by Gasteiger charge is -2.15. The Labute approximate surface area is 183 Å². The molecule has 4 rings (SSSR count). The second kappa shape index (κ2) is 10.1. The zero-order valence-corrected chi connectivity index (χ0v) is 18.7. The first-order valence-electron chi connectivity index (χ1n) is 10.0. The summed E-state index contributed by atoms with van der Waals surface area (Å²) in [4.78, 5) is 4.72. The van der Waals surface area contributed by atoms with E-state index in [1.54, 1.807) is 0 Å². The van der Waals surface area contributed by atoms with E-state index in [9.17, 15) is 0 Å². The van der Waals surface area contributed by atoms with E-state index in [0.29, 0.717) is 6.54 Å². The van der Waals surface area contributed by atoms with Crippen molar-refractivity contribution in [1.82, 2.24) is 25.4 Å². The van der Waals surface area contributed by atoms with E-state index in [0.717, 1.165) is 55.8 Å². The van der Waals surface area contributed by atoms with Crippen molar-refractivity contribution in [3.63, 3.8) is 0 Å². The van der Waals surface area contributed by atoms with Crippen LogP contribution in [0.4, 0.5) is 0 Å². The number of ether oxygens (including phenoxy) is 1. The molecule has 0 fully saturated rings. The first-order valence-corrected chi connectivity index (χ1v) is 10.0. The number of fused-ring (bicyclic) bond motifs is 2. The summed E-state index contributed by atoms with van der Waals surface area (Å²) >= 11 is 0. The highest BCUT2D eigenvalue weighted by molar-refractivity contribution is 14.0. The molecular formula is C20H29IN6O. The van der Waals surface area contributed by atoms with Crippen LogP contribution in [-0.2, 0) is 25.9 Å². The predicted octanol–water partition coefficient (Wildman–Crippen LogP) is 2.68. The SMILES string of the molecule is CCNC(=NCc1nnc2n1CCCCC2)NCC1Cc2ccccc2O1.I. The molecule has 28 heavy (non-hydrogen) atoms. The van der Waals surface area contributed by atoms with Gasteiger partial charge in [0.1, 0.15) is 24.2 Å². The van der Waals surface area contributed by atoms with Crippen molar-refractivity contribution in [3.8, 4) is 5.75 Å². The Morgan fingerprint density at radius 1 is 1.21 bits per heavy atom. The smallest absolute Gasteiger partial charge is 0.191 e. The highest BCUT2D eigenvalue weighted by Crippen LogP contribution is 2.27. The maximum Gasteiger partial charge on any atom is 0.191 e. The third-order valence-electron chi connectivity index (χ3n) is 5.12. The fraction of sp³-hybridized carbons (Fsp3) is 0.550. The average Bonchev–Trinajstić information content (AvgIpc) is 3.20. The van der Waals surface area contributed by atoms with Crippen molar-refractivity contribution < 1.29 is 4.74 Å². The Hall–Kier alpha value is -1.84. The van der Waals surface area contributed by atoms with Gasteiger partial charge in [0.05, 0.1) is 6.54 Å². The van der Waals surface area contributed by atoms with Crippen molar-refractivity contribution >= 4 is 29.9 Å². The molecule has 0 saturated heterocycles. The summed E-state index contributed by atoms with van der Waals surface area (Å²) in [6.07, 6.45) is 5.75. The molecule has 8 heteroatoms. The lowest BCUT2D eigenvalue weighted by atomic mass is 10.1. The minimum Gasteiger partial charge on any atom is -0.488 e. The summed E-state index contributed by atoms with van der Waals surface area (Å²) in [6, 6.07) is 8.24. The minimum absolute atomic E-state index is 0. The van der Waals surface area contributed by atoms with Crippen molar-refractivity contribution in [1.29, 1.82) is 0 Å². The molecule has 1 atom stereocenters. The highest BCUT2D eigenvalue weighted by Gasteiger charge is 2.22. The van der Waals surface area contributed by atoms with Gasteiger partial charge in [0.25, 0.3) is 0 Å². The average molecular weight is 496 g/mol. The summed E-state index contributed by atoms with van der Waals surface area (Å²) in [6.45, 7) is 5.15. The number of guanidine groups is 1. The number of aromatic nitrogens is 3. The number of nitrogens with one attached hydrogen (secondary N) is 2. The second-order valence-corrected chi connectivity index (χ2v) is 7.12. The van der Waals surface area contributed by atoms with Crippen molar-refractivity contribution in [2.45, 2.75) is 58.2 Å². The topological polar surface area (TPSA) is 76.4 Å². The van der Waals surface area contributed by atoms with Gasteiger partial charge in [-0.15, -0.1) is 34.2 Å². The number of rotatable bonds is 5. The van der Waals surface area contributed by atoms with Gasteiger partial charge in [-0.05, 0) is 31.4 Å². The molecule has 7 nitrogen and oxygen atoms in total. The van der Waals surface area contributed by atoms with Crippen LogP contribution in [0.25, 0.3) is 0 Å². The molecular weight excluding hydrogens is 467 g/mol. The van der Waals surface area contributed by atoms with E-state index >= 15 is 0 Å². The standard InChI is InChI=1S/C20H28N6O.HI/c1-2-21-20(22-13-16-12-15-8-5-6-9-17(15)27-16)23-14-19-25-24-18-10-4-3-7-11-26(18)19;/h5-6,8-9,16H,2-4,7,10-14H2,1H3,(H2,21,22,23);1H. The quantitative estimate of drug-likeness (QED) is 0.378. The van der Waals surface area contributed by atoms with Crippen molar-refractivity contribution in [2.75, 3.05) is 13.1 Å². The molecule has 0 aliphatic carbocycles. The van der Waals surface area contributed by atoms with Crippen LogP contribution in [0.15, 0.2) is 29.3 Å². The van der Waals surface area contributed by atoms with Crippen LogP contribution < -0.4 is 15.4 Å². The fourth-order valence-corrected chi connectivity index (χ4v) is 3.73. The van der Waals surface area contributed by atoms with E-state index in [4.69, 9.17) is 9.73 Å². The van der Waals surface area contributed by atoms with Crippen LogP contribution in [0.3, 0.4) is 0 Å².